The molecule has 0 radical (unpaired) electrons. The molecule has 82 valence electrons. The molecular weight excluding hydrogens is 228 g/mol. The summed E-state index contributed by atoms with van der Waals surface area (Å²) in [6, 6.07) is 22.7. The molecule has 0 atom stereocenters. The zero-order valence-electron chi connectivity index (χ0n) is 9.23. The second-order valence-electron chi connectivity index (χ2n) is 4.05. The van der Waals surface area contributed by atoms with Crippen molar-refractivity contribution in [2.75, 3.05) is 0 Å². The molecule has 0 spiro atoms. The first-order chi connectivity index (χ1) is 8.34. The Morgan fingerprint density at radius 2 is 1.24 bits per heavy atom. The normalized spacial score (nSPS) is 10.6. The van der Waals surface area contributed by atoms with E-state index in [1.807, 2.05) is 36.4 Å². The largest absolute Gasteiger partial charge is 0.0836 e. The van der Waals surface area contributed by atoms with Crippen LogP contribution in [0.3, 0.4) is 0 Å². The predicted molar refractivity (Wildman–Crippen MR) is 74.4 cm³/mol. The summed E-state index contributed by atoms with van der Waals surface area (Å²) >= 11 is 6.34. The average molecular weight is 239 g/mol. The lowest BCUT2D eigenvalue weighted by molar-refractivity contribution is 1.64. The van der Waals surface area contributed by atoms with Gasteiger partial charge in [0.15, 0.2) is 0 Å². The van der Waals surface area contributed by atoms with Crippen LogP contribution in [0.4, 0.5) is 0 Å². The maximum absolute atomic E-state index is 6.34. The zero-order chi connectivity index (χ0) is 11.7. The predicted octanol–water partition coefficient (Wildman–Crippen LogP) is 5.16. The van der Waals surface area contributed by atoms with Gasteiger partial charge in [0.05, 0.1) is 0 Å². The summed E-state index contributed by atoms with van der Waals surface area (Å²) in [5.41, 5.74) is 2.24. The number of hydrogen-bond donors (Lipinski definition) is 0. The quantitative estimate of drug-likeness (QED) is 0.549. The Balaban J connectivity index is 2.27. The highest BCUT2D eigenvalue weighted by Crippen LogP contribution is 2.31. The zero-order valence-corrected chi connectivity index (χ0v) is 9.98. The van der Waals surface area contributed by atoms with Crippen molar-refractivity contribution in [3.63, 3.8) is 0 Å². The molecule has 0 heterocycles. The fraction of sp³-hybridized carbons (Fsp3) is 0. The molecule has 0 fully saturated rings. The van der Waals surface area contributed by atoms with Crippen molar-refractivity contribution in [2.45, 2.75) is 0 Å². The van der Waals surface area contributed by atoms with E-state index in [1.54, 1.807) is 0 Å². The van der Waals surface area contributed by atoms with Gasteiger partial charge in [0.1, 0.15) is 0 Å². The first-order valence-corrected chi connectivity index (χ1v) is 5.96. The van der Waals surface area contributed by atoms with E-state index in [1.165, 1.54) is 10.8 Å². The third kappa shape index (κ3) is 1.92. The maximum Gasteiger partial charge on any atom is 0.0490 e. The molecule has 0 bridgehead atoms. The van der Waals surface area contributed by atoms with Gasteiger partial charge in [0.25, 0.3) is 0 Å². The van der Waals surface area contributed by atoms with Crippen LogP contribution < -0.4 is 0 Å². The average Bonchev–Trinajstić information content (AvgIpc) is 2.39. The molecule has 3 rings (SSSR count). The second kappa shape index (κ2) is 4.23. The Morgan fingerprint density at radius 3 is 1.94 bits per heavy atom. The van der Waals surface area contributed by atoms with Gasteiger partial charge in [-0.25, -0.2) is 0 Å². The third-order valence-corrected chi connectivity index (χ3v) is 3.23. The van der Waals surface area contributed by atoms with Crippen LogP contribution in [0.25, 0.3) is 21.9 Å². The number of halogens is 1. The van der Waals surface area contributed by atoms with E-state index in [2.05, 4.69) is 30.3 Å². The molecule has 0 amide bonds. The van der Waals surface area contributed by atoms with Crippen LogP contribution in [-0.2, 0) is 0 Å². The van der Waals surface area contributed by atoms with Crippen molar-refractivity contribution in [3.8, 4) is 11.1 Å². The van der Waals surface area contributed by atoms with E-state index in [4.69, 9.17) is 11.6 Å². The fourth-order valence-electron chi connectivity index (χ4n) is 2.05. The summed E-state index contributed by atoms with van der Waals surface area (Å²) < 4.78 is 0. The summed E-state index contributed by atoms with van der Waals surface area (Å²) in [5, 5.41) is 3.20. The van der Waals surface area contributed by atoms with Crippen molar-refractivity contribution >= 4 is 22.4 Å². The number of hydrogen-bond acceptors (Lipinski definition) is 0. The molecule has 0 saturated heterocycles. The van der Waals surface area contributed by atoms with Gasteiger partial charge in [0.2, 0.25) is 0 Å². The lowest BCUT2D eigenvalue weighted by Gasteiger charge is -2.06. The SMILES string of the molecule is Clc1cc2ccccc2cc1-c1ccccc1. The van der Waals surface area contributed by atoms with Gasteiger partial charge >= 0.3 is 0 Å². The minimum Gasteiger partial charge on any atom is -0.0836 e. The molecule has 17 heavy (non-hydrogen) atoms. The monoisotopic (exact) mass is 238 g/mol. The van der Waals surface area contributed by atoms with Gasteiger partial charge in [-0.3, -0.25) is 0 Å². The molecular formula is C16H11Cl. The highest BCUT2D eigenvalue weighted by atomic mass is 35.5. The molecule has 0 aromatic heterocycles. The molecule has 1 heteroatoms. The van der Waals surface area contributed by atoms with Gasteiger partial charge in [-0.15, -0.1) is 0 Å². The minimum atomic E-state index is 0.801. The molecule has 0 nitrogen and oxygen atoms in total. The Morgan fingerprint density at radius 1 is 0.647 bits per heavy atom. The molecule has 3 aromatic rings. The highest BCUT2D eigenvalue weighted by molar-refractivity contribution is 6.34. The fourth-order valence-corrected chi connectivity index (χ4v) is 2.33. The summed E-state index contributed by atoms with van der Waals surface area (Å²) in [4.78, 5) is 0. The maximum atomic E-state index is 6.34. The van der Waals surface area contributed by atoms with Gasteiger partial charge in [0, 0.05) is 10.6 Å². The highest BCUT2D eigenvalue weighted by Gasteiger charge is 2.04. The van der Waals surface area contributed by atoms with Crippen molar-refractivity contribution in [3.05, 3.63) is 71.8 Å². The van der Waals surface area contributed by atoms with Crippen LogP contribution in [0.5, 0.6) is 0 Å². The van der Waals surface area contributed by atoms with Crippen LogP contribution in [-0.4, -0.2) is 0 Å². The van der Waals surface area contributed by atoms with Crippen molar-refractivity contribution in [2.24, 2.45) is 0 Å². The van der Waals surface area contributed by atoms with Gasteiger partial charge in [-0.05, 0) is 28.5 Å². The van der Waals surface area contributed by atoms with Crippen molar-refractivity contribution in [1.82, 2.24) is 0 Å². The second-order valence-corrected chi connectivity index (χ2v) is 4.45. The van der Waals surface area contributed by atoms with E-state index in [-0.39, 0.29) is 0 Å². The minimum absolute atomic E-state index is 0.801. The van der Waals surface area contributed by atoms with E-state index >= 15 is 0 Å². The summed E-state index contributed by atoms with van der Waals surface area (Å²) in [6.45, 7) is 0. The van der Waals surface area contributed by atoms with E-state index in [9.17, 15) is 0 Å². The van der Waals surface area contributed by atoms with Crippen molar-refractivity contribution < 1.29 is 0 Å². The Hall–Kier alpha value is -1.79. The van der Waals surface area contributed by atoms with Crippen LogP contribution >= 0.6 is 11.6 Å². The molecule has 0 N–H and O–H groups in total. The summed E-state index contributed by atoms with van der Waals surface area (Å²) in [7, 11) is 0. The van der Waals surface area contributed by atoms with Gasteiger partial charge < -0.3 is 0 Å². The Kier molecular flexibility index (Phi) is 2.58. The molecule has 0 aliphatic carbocycles. The van der Waals surface area contributed by atoms with Crippen molar-refractivity contribution in [1.29, 1.82) is 0 Å². The Bertz CT molecular complexity index is 657. The summed E-state index contributed by atoms with van der Waals surface area (Å²) in [6.07, 6.45) is 0. The van der Waals surface area contributed by atoms with E-state index in [0.717, 1.165) is 16.1 Å². The number of rotatable bonds is 1. The lowest BCUT2D eigenvalue weighted by Crippen LogP contribution is -1.80. The number of benzene rings is 3. The Labute approximate surface area is 105 Å². The van der Waals surface area contributed by atoms with Gasteiger partial charge in [-0.1, -0.05) is 66.2 Å². The van der Waals surface area contributed by atoms with Crippen LogP contribution in [0.15, 0.2) is 66.7 Å². The van der Waals surface area contributed by atoms with Crippen LogP contribution in [0.1, 0.15) is 0 Å². The van der Waals surface area contributed by atoms with Gasteiger partial charge in [-0.2, -0.15) is 0 Å². The summed E-state index contributed by atoms with van der Waals surface area (Å²) in [5.74, 6) is 0. The first-order valence-electron chi connectivity index (χ1n) is 5.58. The molecule has 0 unspecified atom stereocenters. The molecule has 0 aliphatic rings. The van der Waals surface area contributed by atoms with Crippen LogP contribution in [0, 0.1) is 0 Å². The molecule has 0 saturated carbocycles. The first kappa shape index (κ1) is 10.4. The van der Waals surface area contributed by atoms with E-state index in [0.29, 0.717) is 0 Å². The molecule has 0 aliphatic heterocycles. The lowest BCUT2D eigenvalue weighted by atomic mass is 10.0. The number of fused-ring (bicyclic) bond motifs is 1. The standard InChI is InChI=1S/C16H11Cl/c17-16-11-14-9-5-4-8-13(14)10-15(16)12-6-2-1-3-7-12/h1-11H. The third-order valence-electron chi connectivity index (χ3n) is 2.92. The topological polar surface area (TPSA) is 0 Å². The molecule has 3 aromatic carbocycles. The van der Waals surface area contributed by atoms with Crippen LogP contribution in [0.2, 0.25) is 5.02 Å². The van der Waals surface area contributed by atoms with E-state index < -0.39 is 0 Å². The smallest absolute Gasteiger partial charge is 0.0490 e.